The van der Waals surface area contributed by atoms with Gasteiger partial charge in [-0.1, -0.05) is 18.3 Å². The predicted molar refractivity (Wildman–Crippen MR) is 69.4 cm³/mol. The molecule has 0 aliphatic heterocycles. The summed E-state index contributed by atoms with van der Waals surface area (Å²) in [5.74, 6) is 0. The summed E-state index contributed by atoms with van der Waals surface area (Å²) in [6, 6.07) is 0. The van der Waals surface area contributed by atoms with E-state index in [0.717, 1.165) is 28.1 Å². The summed E-state index contributed by atoms with van der Waals surface area (Å²) in [6.45, 7) is 5.94. The Morgan fingerprint density at radius 2 is 2.35 bits per heavy atom. The van der Waals surface area contributed by atoms with E-state index in [1.54, 1.807) is 28.6 Å². The molecule has 2 heterocycles. The van der Waals surface area contributed by atoms with Gasteiger partial charge in [0.1, 0.15) is 10.5 Å². The van der Waals surface area contributed by atoms with E-state index in [9.17, 15) is 0 Å². The number of hydrogen-bond acceptors (Lipinski definition) is 6. The van der Waals surface area contributed by atoms with Crippen LogP contribution in [0.3, 0.4) is 0 Å². The van der Waals surface area contributed by atoms with Crippen molar-refractivity contribution in [3.63, 3.8) is 0 Å². The molecule has 2 aromatic rings. The van der Waals surface area contributed by atoms with Crippen LogP contribution < -0.4 is 5.32 Å². The third-order valence-corrected chi connectivity index (χ3v) is 4.35. The Morgan fingerprint density at radius 1 is 1.53 bits per heavy atom. The summed E-state index contributed by atoms with van der Waals surface area (Å²) in [7, 11) is 1.96. The zero-order valence-corrected chi connectivity index (χ0v) is 11.7. The van der Waals surface area contributed by atoms with E-state index in [1.165, 1.54) is 5.56 Å². The van der Waals surface area contributed by atoms with Crippen LogP contribution in [0.15, 0.2) is 14.9 Å². The highest BCUT2D eigenvalue weighted by molar-refractivity contribution is 8.01. The van der Waals surface area contributed by atoms with E-state index in [0.29, 0.717) is 0 Å². The molecule has 92 valence electrons. The molecular formula is C10H15N5S2. The summed E-state index contributed by atoms with van der Waals surface area (Å²) < 4.78 is 2.86. The molecular weight excluding hydrogens is 254 g/mol. The van der Waals surface area contributed by atoms with Crippen LogP contribution in [0.2, 0.25) is 0 Å². The van der Waals surface area contributed by atoms with Crippen molar-refractivity contribution in [2.75, 3.05) is 6.54 Å². The number of aryl methyl sites for hydroxylation is 2. The van der Waals surface area contributed by atoms with E-state index in [1.807, 2.05) is 18.7 Å². The lowest BCUT2D eigenvalue weighted by atomic mass is 10.2. The van der Waals surface area contributed by atoms with Gasteiger partial charge in [-0.3, -0.25) is 4.68 Å². The summed E-state index contributed by atoms with van der Waals surface area (Å²) in [6.07, 6.45) is 0. The Hall–Kier alpha value is -0.920. The standard InChI is InChI=1S/C10H15N5S2/c1-4-11-5-8-7(2)14-15(3)9(8)17-10-13-12-6-16-10/h6,11H,4-5H2,1-3H3. The second-order valence-corrected chi connectivity index (χ2v) is 5.65. The van der Waals surface area contributed by atoms with E-state index >= 15 is 0 Å². The van der Waals surface area contributed by atoms with Crippen LogP contribution in [0.1, 0.15) is 18.2 Å². The number of rotatable bonds is 5. The van der Waals surface area contributed by atoms with Crippen LogP contribution in [-0.4, -0.2) is 26.5 Å². The molecule has 0 atom stereocenters. The Labute approximate surface area is 109 Å². The Kier molecular flexibility index (Phi) is 4.14. The van der Waals surface area contributed by atoms with Gasteiger partial charge in [-0.2, -0.15) is 5.10 Å². The third-order valence-electron chi connectivity index (χ3n) is 2.36. The first-order chi connectivity index (χ1) is 8.22. The molecule has 0 saturated heterocycles. The maximum atomic E-state index is 4.46. The van der Waals surface area contributed by atoms with Crippen molar-refractivity contribution in [2.24, 2.45) is 7.05 Å². The van der Waals surface area contributed by atoms with Crippen molar-refractivity contribution in [1.29, 1.82) is 0 Å². The predicted octanol–water partition coefficient (Wildman–Crippen LogP) is 1.84. The average Bonchev–Trinajstić information content (AvgIpc) is 2.88. The lowest BCUT2D eigenvalue weighted by molar-refractivity contribution is 0.673. The molecule has 2 rings (SSSR count). The molecule has 0 fully saturated rings. The van der Waals surface area contributed by atoms with E-state index < -0.39 is 0 Å². The van der Waals surface area contributed by atoms with Crippen LogP contribution in [0.25, 0.3) is 0 Å². The maximum Gasteiger partial charge on any atom is 0.180 e. The van der Waals surface area contributed by atoms with Gasteiger partial charge in [0.05, 0.1) is 5.69 Å². The molecule has 17 heavy (non-hydrogen) atoms. The highest BCUT2D eigenvalue weighted by atomic mass is 32.2. The van der Waals surface area contributed by atoms with Gasteiger partial charge >= 0.3 is 0 Å². The monoisotopic (exact) mass is 269 g/mol. The van der Waals surface area contributed by atoms with E-state index in [2.05, 4.69) is 27.5 Å². The summed E-state index contributed by atoms with van der Waals surface area (Å²) in [5.41, 5.74) is 4.06. The van der Waals surface area contributed by atoms with Crippen LogP contribution in [-0.2, 0) is 13.6 Å². The minimum absolute atomic E-state index is 0.845. The van der Waals surface area contributed by atoms with E-state index in [4.69, 9.17) is 0 Å². The van der Waals surface area contributed by atoms with Crippen LogP contribution in [0.4, 0.5) is 0 Å². The first-order valence-electron chi connectivity index (χ1n) is 5.39. The highest BCUT2D eigenvalue weighted by Crippen LogP contribution is 2.32. The number of aromatic nitrogens is 4. The first kappa shape index (κ1) is 12.5. The number of nitrogens with one attached hydrogen (secondary N) is 1. The largest absolute Gasteiger partial charge is 0.313 e. The topological polar surface area (TPSA) is 55.6 Å². The minimum Gasteiger partial charge on any atom is -0.313 e. The van der Waals surface area contributed by atoms with Gasteiger partial charge in [-0.05, 0) is 25.2 Å². The first-order valence-corrected chi connectivity index (χ1v) is 7.09. The minimum atomic E-state index is 0.845. The molecule has 0 amide bonds. The van der Waals surface area contributed by atoms with Crippen molar-refractivity contribution in [3.8, 4) is 0 Å². The SMILES string of the molecule is CCNCc1c(C)nn(C)c1Sc1nncs1. The Balaban J connectivity index is 2.25. The second kappa shape index (κ2) is 5.61. The molecule has 5 nitrogen and oxygen atoms in total. The fourth-order valence-corrected chi connectivity index (χ4v) is 3.16. The normalized spacial score (nSPS) is 11.0. The van der Waals surface area contributed by atoms with Crippen LogP contribution >= 0.6 is 23.1 Å². The highest BCUT2D eigenvalue weighted by Gasteiger charge is 2.15. The summed E-state index contributed by atoms with van der Waals surface area (Å²) in [4.78, 5) is 0. The molecule has 2 aromatic heterocycles. The number of hydrogen-bond donors (Lipinski definition) is 1. The van der Waals surface area contributed by atoms with Crippen LogP contribution in [0, 0.1) is 6.92 Å². The molecule has 0 radical (unpaired) electrons. The molecule has 1 N–H and O–H groups in total. The zero-order chi connectivity index (χ0) is 12.3. The van der Waals surface area contributed by atoms with E-state index in [-0.39, 0.29) is 0 Å². The third kappa shape index (κ3) is 2.85. The summed E-state index contributed by atoms with van der Waals surface area (Å²) in [5, 5.41) is 16.8. The second-order valence-electron chi connectivity index (χ2n) is 3.58. The quantitative estimate of drug-likeness (QED) is 0.897. The van der Waals surface area contributed by atoms with Crippen molar-refractivity contribution in [3.05, 3.63) is 16.8 Å². The van der Waals surface area contributed by atoms with Gasteiger partial charge in [-0.25, -0.2) is 0 Å². The molecule has 0 aliphatic rings. The smallest absolute Gasteiger partial charge is 0.180 e. The Bertz CT molecular complexity index is 477. The van der Waals surface area contributed by atoms with Gasteiger partial charge in [-0.15, -0.1) is 10.2 Å². The lowest BCUT2D eigenvalue weighted by Crippen LogP contribution is -2.12. The maximum absolute atomic E-state index is 4.46. The molecule has 0 aromatic carbocycles. The zero-order valence-electron chi connectivity index (χ0n) is 10.1. The van der Waals surface area contributed by atoms with Gasteiger partial charge in [0, 0.05) is 19.2 Å². The summed E-state index contributed by atoms with van der Waals surface area (Å²) >= 11 is 3.17. The average molecular weight is 269 g/mol. The number of nitrogens with zero attached hydrogens (tertiary/aromatic N) is 4. The van der Waals surface area contributed by atoms with Crippen LogP contribution in [0.5, 0.6) is 0 Å². The van der Waals surface area contributed by atoms with Gasteiger partial charge in [0.25, 0.3) is 0 Å². The fourth-order valence-electron chi connectivity index (χ4n) is 1.55. The molecule has 0 saturated carbocycles. The van der Waals surface area contributed by atoms with Gasteiger partial charge in [0.15, 0.2) is 4.34 Å². The molecule has 0 unspecified atom stereocenters. The molecule has 0 spiro atoms. The van der Waals surface area contributed by atoms with Crippen molar-refractivity contribution in [1.82, 2.24) is 25.3 Å². The molecule has 7 heteroatoms. The Morgan fingerprint density at radius 3 is 3.00 bits per heavy atom. The van der Waals surface area contributed by atoms with Crippen molar-refractivity contribution in [2.45, 2.75) is 29.8 Å². The molecule has 0 aliphatic carbocycles. The van der Waals surface area contributed by atoms with Crippen molar-refractivity contribution >= 4 is 23.1 Å². The fraction of sp³-hybridized carbons (Fsp3) is 0.500. The van der Waals surface area contributed by atoms with Gasteiger partial charge in [0.2, 0.25) is 0 Å². The van der Waals surface area contributed by atoms with Crippen molar-refractivity contribution < 1.29 is 0 Å². The molecule has 0 bridgehead atoms. The van der Waals surface area contributed by atoms with Gasteiger partial charge < -0.3 is 5.32 Å². The lowest BCUT2D eigenvalue weighted by Gasteiger charge is -2.04.